The van der Waals surface area contributed by atoms with Gasteiger partial charge in [-0.3, -0.25) is 14.5 Å². The van der Waals surface area contributed by atoms with Gasteiger partial charge >= 0.3 is 0 Å². The number of carbonyl (C=O) groups excluding carboxylic acids is 2. The number of nitrogens with zero attached hydrogens (tertiary/aromatic N) is 2. The third-order valence-electron chi connectivity index (χ3n) is 6.04. The minimum atomic E-state index is -3.52. The van der Waals surface area contributed by atoms with Crippen LogP contribution >= 0.6 is 0 Å². The van der Waals surface area contributed by atoms with Crippen LogP contribution in [0.3, 0.4) is 0 Å². The van der Waals surface area contributed by atoms with Gasteiger partial charge in [-0.1, -0.05) is 30.7 Å². The smallest absolute Gasteiger partial charge is 0.259 e. The molecule has 32 heavy (non-hydrogen) atoms. The molecule has 2 aliphatic rings. The Kier molecular flexibility index (Phi) is 5.19. The van der Waals surface area contributed by atoms with Crippen LogP contribution in [0.5, 0.6) is 0 Å². The van der Waals surface area contributed by atoms with Crippen molar-refractivity contribution in [2.75, 3.05) is 29.9 Å². The fourth-order valence-electron chi connectivity index (χ4n) is 4.44. The maximum absolute atomic E-state index is 12.8. The number of amides is 2. The van der Waals surface area contributed by atoms with Crippen molar-refractivity contribution in [1.29, 1.82) is 0 Å². The van der Waals surface area contributed by atoms with Crippen molar-refractivity contribution >= 4 is 44.0 Å². The van der Waals surface area contributed by atoms with Crippen LogP contribution in [-0.4, -0.2) is 44.2 Å². The Hall–Kier alpha value is -3.23. The first-order chi connectivity index (χ1) is 15.4. The molecule has 0 radical (unpaired) electrons. The number of benzene rings is 3. The molecule has 0 atom stereocenters. The van der Waals surface area contributed by atoms with E-state index >= 15 is 0 Å². The Morgan fingerprint density at radius 1 is 0.906 bits per heavy atom. The quantitative estimate of drug-likeness (QED) is 0.645. The number of anilines is 2. The molecule has 8 heteroatoms. The van der Waals surface area contributed by atoms with Crippen molar-refractivity contribution in [3.05, 3.63) is 66.2 Å². The number of piperidine rings is 1. The van der Waals surface area contributed by atoms with Crippen LogP contribution in [0.4, 0.5) is 11.4 Å². The number of hydrogen-bond donors (Lipinski definition) is 1. The lowest BCUT2D eigenvalue weighted by Crippen LogP contribution is -2.36. The van der Waals surface area contributed by atoms with E-state index in [1.54, 1.807) is 18.2 Å². The Labute approximate surface area is 186 Å². The molecule has 1 fully saturated rings. The maximum Gasteiger partial charge on any atom is 0.259 e. The summed E-state index contributed by atoms with van der Waals surface area (Å²) < 4.78 is 27.1. The molecule has 0 aliphatic carbocycles. The van der Waals surface area contributed by atoms with Crippen LogP contribution in [0.1, 0.15) is 29.6 Å². The van der Waals surface area contributed by atoms with Gasteiger partial charge in [0.2, 0.25) is 15.9 Å². The van der Waals surface area contributed by atoms with Gasteiger partial charge in [-0.05, 0) is 54.6 Å². The molecule has 2 heterocycles. The zero-order valence-electron chi connectivity index (χ0n) is 17.5. The van der Waals surface area contributed by atoms with Crippen LogP contribution in [0, 0.1) is 0 Å². The molecule has 7 nitrogen and oxygen atoms in total. The lowest BCUT2D eigenvalue weighted by molar-refractivity contribution is -0.114. The number of sulfonamides is 1. The van der Waals surface area contributed by atoms with E-state index in [1.807, 2.05) is 30.3 Å². The monoisotopic (exact) mass is 449 g/mol. The van der Waals surface area contributed by atoms with Gasteiger partial charge in [0.15, 0.2) is 0 Å². The number of carbonyl (C=O) groups is 2. The van der Waals surface area contributed by atoms with Gasteiger partial charge in [0.05, 0.1) is 10.6 Å². The summed E-state index contributed by atoms with van der Waals surface area (Å²) in [5, 5.41) is 4.59. The first-order valence-corrected chi connectivity index (χ1v) is 12.1. The van der Waals surface area contributed by atoms with Gasteiger partial charge in [-0.15, -0.1) is 0 Å². The topological polar surface area (TPSA) is 86.8 Å². The SMILES string of the molecule is O=C(CN1C(=O)c2cccc3cccc1c23)Nc1ccc(S(=O)(=O)N2CCCCC2)cc1. The summed E-state index contributed by atoms with van der Waals surface area (Å²) >= 11 is 0. The first-order valence-electron chi connectivity index (χ1n) is 10.7. The summed E-state index contributed by atoms with van der Waals surface area (Å²) in [5.41, 5.74) is 1.80. The van der Waals surface area contributed by atoms with Crippen molar-refractivity contribution in [2.24, 2.45) is 0 Å². The molecule has 164 valence electrons. The molecule has 3 aromatic carbocycles. The van der Waals surface area contributed by atoms with Gasteiger partial charge in [0.1, 0.15) is 6.54 Å². The van der Waals surface area contributed by atoms with Crippen LogP contribution in [-0.2, 0) is 14.8 Å². The van der Waals surface area contributed by atoms with Crippen LogP contribution < -0.4 is 10.2 Å². The molecule has 2 aliphatic heterocycles. The van der Waals surface area contributed by atoms with Crippen molar-refractivity contribution in [3.8, 4) is 0 Å². The molecular weight excluding hydrogens is 426 g/mol. The highest BCUT2D eigenvalue weighted by Crippen LogP contribution is 2.37. The van der Waals surface area contributed by atoms with Crippen molar-refractivity contribution in [2.45, 2.75) is 24.2 Å². The second-order valence-corrected chi connectivity index (χ2v) is 10.0. The van der Waals surface area contributed by atoms with E-state index in [4.69, 9.17) is 0 Å². The zero-order chi connectivity index (χ0) is 22.3. The lowest BCUT2D eigenvalue weighted by atomic mass is 10.1. The van der Waals surface area contributed by atoms with Gasteiger partial charge in [-0.2, -0.15) is 4.31 Å². The molecule has 0 unspecified atom stereocenters. The highest BCUT2D eigenvalue weighted by atomic mass is 32.2. The summed E-state index contributed by atoms with van der Waals surface area (Å²) in [4.78, 5) is 27.2. The molecule has 1 N–H and O–H groups in total. The minimum absolute atomic E-state index is 0.125. The van der Waals surface area contributed by atoms with Gasteiger partial charge in [-0.25, -0.2) is 8.42 Å². The fraction of sp³-hybridized carbons (Fsp3) is 0.250. The van der Waals surface area contributed by atoms with E-state index in [0.29, 0.717) is 24.3 Å². The molecule has 0 aromatic heterocycles. The number of nitrogens with one attached hydrogen (secondary N) is 1. The van der Waals surface area contributed by atoms with E-state index in [0.717, 1.165) is 35.7 Å². The second kappa shape index (κ2) is 8.03. The largest absolute Gasteiger partial charge is 0.325 e. The lowest BCUT2D eigenvalue weighted by Gasteiger charge is -2.25. The molecule has 0 saturated carbocycles. The maximum atomic E-state index is 12.8. The predicted octanol–water partition coefficient (Wildman–Crippen LogP) is 3.61. The molecule has 0 bridgehead atoms. The molecule has 5 rings (SSSR count). The molecule has 3 aromatic rings. The standard InChI is InChI=1S/C24H23N3O4S/c28-22(16-27-21-9-5-7-17-6-4-8-20(23(17)21)24(27)29)25-18-10-12-19(13-11-18)32(30,31)26-14-2-1-3-15-26/h4-13H,1-3,14-16H2,(H,25,28). The van der Waals surface area contributed by atoms with E-state index in [2.05, 4.69) is 5.32 Å². The highest BCUT2D eigenvalue weighted by molar-refractivity contribution is 7.89. The van der Waals surface area contributed by atoms with E-state index in [9.17, 15) is 18.0 Å². The average molecular weight is 450 g/mol. The summed E-state index contributed by atoms with van der Waals surface area (Å²) in [6.45, 7) is 0.958. The van der Waals surface area contributed by atoms with Crippen molar-refractivity contribution in [1.82, 2.24) is 4.31 Å². The summed E-state index contributed by atoms with van der Waals surface area (Å²) in [7, 11) is -3.52. The van der Waals surface area contributed by atoms with Crippen molar-refractivity contribution < 1.29 is 18.0 Å². The Morgan fingerprint density at radius 2 is 1.59 bits per heavy atom. The van der Waals surface area contributed by atoms with Crippen LogP contribution in [0.15, 0.2) is 65.6 Å². The summed E-state index contributed by atoms with van der Waals surface area (Å²) in [6, 6.07) is 17.4. The average Bonchev–Trinajstić information content (AvgIpc) is 3.08. The predicted molar refractivity (Wildman–Crippen MR) is 123 cm³/mol. The van der Waals surface area contributed by atoms with E-state index < -0.39 is 10.0 Å². The minimum Gasteiger partial charge on any atom is -0.325 e. The first kappa shape index (κ1) is 20.7. The van der Waals surface area contributed by atoms with Gasteiger partial charge in [0.25, 0.3) is 5.91 Å². The fourth-order valence-corrected chi connectivity index (χ4v) is 5.96. The van der Waals surface area contributed by atoms with E-state index in [1.165, 1.54) is 21.3 Å². The third kappa shape index (κ3) is 3.55. The van der Waals surface area contributed by atoms with Gasteiger partial charge in [0, 0.05) is 29.7 Å². The van der Waals surface area contributed by atoms with Crippen molar-refractivity contribution in [3.63, 3.8) is 0 Å². The molecule has 1 saturated heterocycles. The zero-order valence-corrected chi connectivity index (χ0v) is 18.3. The molecule has 2 amide bonds. The second-order valence-electron chi connectivity index (χ2n) is 8.11. The molecule has 0 spiro atoms. The Balaban J connectivity index is 1.29. The van der Waals surface area contributed by atoms with Crippen LogP contribution in [0.2, 0.25) is 0 Å². The van der Waals surface area contributed by atoms with E-state index in [-0.39, 0.29) is 23.3 Å². The molecular formula is C24H23N3O4S. The highest BCUT2D eigenvalue weighted by Gasteiger charge is 2.31. The Bertz CT molecular complexity index is 1310. The third-order valence-corrected chi connectivity index (χ3v) is 7.95. The normalized spacial score (nSPS) is 16.5. The number of rotatable bonds is 5. The summed E-state index contributed by atoms with van der Waals surface area (Å²) in [5.74, 6) is -0.551. The van der Waals surface area contributed by atoms with Crippen LogP contribution in [0.25, 0.3) is 10.8 Å². The Morgan fingerprint density at radius 3 is 2.31 bits per heavy atom. The summed E-state index contributed by atoms with van der Waals surface area (Å²) in [6.07, 6.45) is 2.80. The number of hydrogen-bond acceptors (Lipinski definition) is 4. The van der Waals surface area contributed by atoms with Gasteiger partial charge < -0.3 is 5.32 Å².